The quantitative estimate of drug-likeness (QED) is 0.570. The predicted octanol–water partition coefficient (Wildman–Crippen LogP) is 3.66. The molecule has 3 N–H and O–H groups in total. The van der Waals surface area contributed by atoms with Crippen LogP contribution in [0.2, 0.25) is 5.02 Å². The van der Waals surface area contributed by atoms with Gasteiger partial charge in [0.25, 0.3) is 21.9 Å². The topological polar surface area (TPSA) is 118 Å². The first-order chi connectivity index (χ1) is 15.5. The molecule has 0 saturated carbocycles. The Morgan fingerprint density at radius 3 is 2.76 bits per heavy atom. The van der Waals surface area contributed by atoms with Crippen molar-refractivity contribution >= 4 is 49.9 Å². The smallest absolute Gasteiger partial charge is 0.259 e. The Balaban J connectivity index is 1.76. The molecule has 3 heterocycles. The fourth-order valence-electron chi connectivity index (χ4n) is 3.68. The van der Waals surface area contributed by atoms with E-state index in [4.69, 9.17) is 16.7 Å². The lowest BCUT2D eigenvalue weighted by Gasteiger charge is -2.38. The van der Waals surface area contributed by atoms with Gasteiger partial charge in [0, 0.05) is 53.8 Å². The van der Waals surface area contributed by atoms with Crippen LogP contribution >= 0.6 is 11.6 Å². The predicted molar refractivity (Wildman–Crippen MR) is 121 cm³/mol. The first-order valence-corrected chi connectivity index (χ1v) is 11.9. The molecule has 1 aliphatic heterocycles. The number of anilines is 2. The standard InChI is InChI=1S/C21H20ClF2N5O3S/c1-12-11-29(8-6-21(12,23)24)19-15(10-14-16(22)3-2-4-17(14)28-19)20(30)27-13-5-7-26-18(9-13)33(25,31)32/h2-5,7,9-10,12H,6,8,11H2,1H3,(H2,25,31,32)(H,26,27,30). The summed E-state index contributed by atoms with van der Waals surface area (Å²) in [5.74, 6) is -4.11. The molecule has 1 unspecified atom stereocenters. The molecule has 1 amide bonds. The van der Waals surface area contributed by atoms with Gasteiger partial charge in [-0.15, -0.1) is 0 Å². The van der Waals surface area contributed by atoms with Crippen molar-refractivity contribution < 1.29 is 22.0 Å². The van der Waals surface area contributed by atoms with E-state index in [9.17, 15) is 22.0 Å². The highest BCUT2D eigenvalue weighted by Gasteiger charge is 2.42. The van der Waals surface area contributed by atoms with Crippen LogP contribution in [-0.2, 0) is 10.0 Å². The number of halogens is 3. The molecule has 1 saturated heterocycles. The van der Waals surface area contributed by atoms with Gasteiger partial charge in [-0.3, -0.25) is 4.79 Å². The summed E-state index contributed by atoms with van der Waals surface area (Å²) < 4.78 is 51.3. The summed E-state index contributed by atoms with van der Waals surface area (Å²) in [6, 6.07) is 9.15. The number of fused-ring (bicyclic) bond motifs is 1. The summed E-state index contributed by atoms with van der Waals surface area (Å²) in [5.41, 5.74) is 0.768. The van der Waals surface area contributed by atoms with Gasteiger partial charge in [0.15, 0.2) is 5.03 Å². The van der Waals surface area contributed by atoms with Crippen LogP contribution in [-0.4, -0.2) is 43.3 Å². The normalized spacial score (nSPS) is 18.3. The summed E-state index contributed by atoms with van der Waals surface area (Å²) in [7, 11) is -4.07. The molecule has 1 aromatic carbocycles. The fourth-order valence-corrected chi connectivity index (χ4v) is 4.40. The maximum Gasteiger partial charge on any atom is 0.259 e. The van der Waals surface area contributed by atoms with Crippen LogP contribution in [0.15, 0.2) is 47.6 Å². The van der Waals surface area contributed by atoms with E-state index in [1.54, 1.807) is 29.2 Å². The number of sulfonamides is 1. The number of hydrogen-bond acceptors (Lipinski definition) is 6. The number of nitrogens with zero attached hydrogens (tertiary/aromatic N) is 3. The number of carbonyl (C=O) groups is 1. The molecule has 0 aliphatic carbocycles. The highest BCUT2D eigenvalue weighted by Crippen LogP contribution is 2.37. The number of piperidine rings is 1. The third-order valence-electron chi connectivity index (χ3n) is 5.54. The lowest BCUT2D eigenvalue weighted by Crippen LogP contribution is -2.46. The van der Waals surface area contributed by atoms with Crippen molar-refractivity contribution in [1.29, 1.82) is 0 Å². The Hall–Kier alpha value is -2.89. The van der Waals surface area contributed by atoms with Crippen molar-refractivity contribution in [1.82, 2.24) is 9.97 Å². The van der Waals surface area contributed by atoms with Gasteiger partial charge < -0.3 is 10.2 Å². The molecule has 1 fully saturated rings. The Morgan fingerprint density at radius 1 is 1.30 bits per heavy atom. The molecule has 33 heavy (non-hydrogen) atoms. The van der Waals surface area contributed by atoms with Crippen molar-refractivity contribution in [2.45, 2.75) is 24.3 Å². The van der Waals surface area contributed by atoms with Crippen molar-refractivity contribution in [2.24, 2.45) is 11.1 Å². The van der Waals surface area contributed by atoms with Gasteiger partial charge in [-0.25, -0.2) is 32.3 Å². The van der Waals surface area contributed by atoms with E-state index in [1.165, 1.54) is 19.2 Å². The molecule has 8 nitrogen and oxygen atoms in total. The zero-order valence-corrected chi connectivity index (χ0v) is 19.0. The summed E-state index contributed by atoms with van der Waals surface area (Å²) >= 11 is 6.29. The molecule has 0 spiro atoms. The number of amides is 1. The van der Waals surface area contributed by atoms with Gasteiger partial charge >= 0.3 is 0 Å². The van der Waals surface area contributed by atoms with Gasteiger partial charge in [0.2, 0.25) is 0 Å². The van der Waals surface area contributed by atoms with Crippen LogP contribution < -0.4 is 15.4 Å². The number of rotatable bonds is 4. The SMILES string of the molecule is CC1CN(c2nc3cccc(Cl)c3cc2C(=O)Nc2ccnc(S(N)(=O)=O)c2)CCC1(F)F. The van der Waals surface area contributed by atoms with Gasteiger partial charge in [0.1, 0.15) is 5.82 Å². The van der Waals surface area contributed by atoms with Crippen LogP contribution in [0.5, 0.6) is 0 Å². The van der Waals surface area contributed by atoms with E-state index in [0.29, 0.717) is 15.9 Å². The zero-order valence-electron chi connectivity index (χ0n) is 17.4. The number of hydrogen-bond donors (Lipinski definition) is 2. The first-order valence-electron chi connectivity index (χ1n) is 9.98. The number of primary sulfonamides is 1. The van der Waals surface area contributed by atoms with Crippen molar-refractivity contribution in [2.75, 3.05) is 23.3 Å². The molecule has 1 aliphatic rings. The second kappa shape index (κ2) is 8.47. The average molecular weight is 496 g/mol. The van der Waals surface area contributed by atoms with Crippen LogP contribution in [0.25, 0.3) is 10.9 Å². The second-order valence-electron chi connectivity index (χ2n) is 7.91. The van der Waals surface area contributed by atoms with E-state index in [-0.39, 0.29) is 36.6 Å². The number of pyridine rings is 2. The Labute approximate surface area is 193 Å². The highest BCUT2D eigenvalue weighted by atomic mass is 35.5. The van der Waals surface area contributed by atoms with Gasteiger partial charge in [-0.05, 0) is 24.3 Å². The zero-order chi connectivity index (χ0) is 24.0. The van der Waals surface area contributed by atoms with E-state index in [2.05, 4.69) is 15.3 Å². The monoisotopic (exact) mass is 495 g/mol. The summed E-state index contributed by atoms with van der Waals surface area (Å²) in [6.07, 6.45) is 0.826. The largest absolute Gasteiger partial charge is 0.355 e. The third kappa shape index (κ3) is 4.75. The highest BCUT2D eigenvalue weighted by molar-refractivity contribution is 7.89. The van der Waals surface area contributed by atoms with Gasteiger partial charge in [-0.2, -0.15) is 0 Å². The lowest BCUT2D eigenvalue weighted by atomic mass is 9.95. The number of nitrogens with one attached hydrogen (secondary N) is 1. The minimum atomic E-state index is -4.07. The first kappa shape index (κ1) is 23.3. The average Bonchev–Trinajstić information content (AvgIpc) is 2.75. The molecule has 174 valence electrons. The molecule has 1 atom stereocenters. The maximum atomic E-state index is 14.1. The molecule has 3 aromatic rings. The van der Waals surface area contributed by atoms with E-state index < -0.39 is 32.8 Å². The van der Waals surface area contributed by atoms with Gasteiger partial charge in [0.05, 0.1) is 11.1 Å². The van der Waals surface area contributed by atoms with Crippen molar-refractivity contribution in [3.05, 3.63) is 53.2 Å². The molecule has 4 rings (SSSR count). The van der Waals surface area contributed by atoms with Crippen LogP contribution in [0, 0.1) is 5.92 Å². The van der Waals surface area contributed by atoms with Crippen LogP contribution in [0.1, 0.15) is 23.7 Å². The van der Waals surface area contributed by atoms with Crippen molar-refractivity contribution in [3.8, 4) is 0 Å². The van der Waals surface area contributed by atoms with Crippen molar-refractivity contribution in [3.63, 3.8) is 0 Å². The second-order valence-corrected chi connectivity index (χ2v) is 9.82. The number of aromatic nitrogens is 2. The maximum absolute atomic E-state index is 14.1. The Kier molecular flexibility index (Phi) is 5.97. The minimum Gasteiger partial charge on any atom is -0.355 e. The van der Waals surface area contributed by atoms with E-state index in [0.717, 1.165) is 6.07 Å². The lowest BCUT2D eigenvalue weighted by molar-refractivity contribution is -0.0652. The van der Waals surface area contributed by atoms with E-state index >= 15 is 0 Å². The van der Waals surface area contributed by atoms with Crippen LogP contribution in [0.4, 0.5) is 20.3 Å². The minimum absolute atomic E-state index is 0.0111. The fraction of sp³-hybridized carbons (Fsp3) is 0.286. The molecule has 0 radical (unpaired) electrons. The number of benzene rings is 1. The Morgan fingerprint density at radius 2 is 2.06 bits per heavy atom. The number of alkyl halides is 2. The van der Waals surface area contributed by atoms with Gasteiger partial charge in [-0.1, -0.05) is 24.6 Å². The van der Waals surface area contributed by atoms with E-state index in [1.807, 2.05) is 0 Å². The summed E-state index contributed by atoms with van der Waals surface area (Å²) in [6.45, 7) is 1.48. The molecular formula is C21H20ClF2N5O3S. The molecule has 2 aromatic heterocycles. The summed E-state index contributed by atoms with van der Waals surface area (Å²) in [4.78, 5) is 23.1. The number of carbonyl (C=O) groups excluding carboxylic acids is 1. The third-order valence-corrected chi connectivity index (χ3v) is 6.68. The molecule has 12 heteroatoms. The molecule has 0 bridgehead atoms. The Bertz CT molecular complexity index is 1350. The van der Waals surface area contributed by atoms with Crippen LogP contribution in [0.3, 0.4) is 0 Å². The number of nitrogens with two attached hydrogens (primary N) is 1. The summed E-state index contributed by atoms with van der Waals surface area (Å²) in [5, 5.41) is 8.19. The molecular weight excluding hydrogens is 476 g/mol.